The fourth-order valence-corrected chi connectivity index (χ4v) is 3.60. The van der Waals surface area contributed by atoms with Crippen molar-refractivity contribution in [3.05, 3.63) is 23.4 Å². The Bertz CT molecular complexity index is 468. The molecule has 0 bridgehead atoms. The number of hydrogen-bond donors (Lipinski definition) is 1. The molecule has 0 spiro atoms. The van der Waals surface area contributed by atoms with Crippen molar-refractivity contribution < 1.29 is 4.74 Å². The van der Waals surface area contributed by atoms with Gasteiger partial charge in [-0.3, -0.25) is 0 Å². The molecule has 0 aromatic carbocycles. The van der Waals surface area contributed by atoms with Crippen molar-refractivity contribution in [1.82, 2.24) is 4.98 Å². The van der Waals surface area contributed by atoms with E-state index in [2.05, 4.69) is 31.3 Å². The van der Waals surface area contributed by atoms with Crippen LogP contribution in [0.1, 0.15) is 57.2 Å². The normalized spacial score (nSPS) is 24.4. The van der Waals surface area contributed by atoms with Gasteiger partial charge in [-0.05, 0) is 56.6 Å². The molecular formula is C17H26N2O. The van der Waals surface area contributed by atoms with Gasteiger partial charge in [-0.15, -0.1) is 0 Å². The first-order chi connectivity index (χ1) is 9.74. The molecule has 1 fully saturated rings. The predicted molar refractivity (Wildman–Crippen MR) is 82.2 cm³/mol. The van der Waals surface area contributed by atoms with Crippen molar-refractivity contribution in [2.24, 2.45) is 0 Å². The number of aromatic nitrogens is 1. The molecule has 2 heterocycles. The average molecular weight is 274 g/mol. The van der Waals surface area contributed by atoms with E-state index >= 15 is 0 Å². The number of hydrogen-bond acceptors (Lipinski definition) is 3. The second-order valence-electron chi connectivity index (χ2n) is 6.23. The molecule has 20 heavy (non-hydrogen) atoms. The van der Waals surface area contributed by atoms with Crippen LogP contribution in [0.5, 0.6) is 0 Å². The third-order valence-corrected chi connectivity index (χ3v) is 5.06. The van der Waals surface area contributed by atoms with Crippen LogP contribution in [0.4, 0.5) is 5.82 Å². The minimum Gasteiger partial charge on any atom is -0.375 e. The second-order valence-corrected chi connectivity index (χ2v) is 6.23. The Labute approximate surface area is 122 Å². The Morgan fingerprint density at radius 2 is 2.15 bits per heavy atom. The highest BCUT2D eigenvalue weighted by atomic mass is 16.5. The lowest BCUT2D eigenvalue weighted by atomic mass is 9.86. The Morgan fingerprint density at radius 3 is 2.95 bits per heavy atom. The van der Waals surface area contributed by atoms with Crippen LogP contribution in [0, 0.1) is 0 Å². The molecule has 1 saturated heterocycles. The highest BCUT2D eigenvalue weighted by Crippen LogP contribution is 2.33. The van der Waals surface area contributed by atoms with Crippen LogP contribution in [0.15, 0.2) is 12.1 Å². The van der Waals surface area contributed by atoms with Gasteiger partial charge in [-0.1, -0.05) is 19.9 Å². The molecular weight excluding hydrogens is 248 g/mol. The second kappa shape index (κ2) is 5.72. The van der Waals surface area contributed by atoms with Crippen molar-refractivity contribution in [1.29, 1.82) is 0 Å². The molecule has 1 aromatic rings. The Morgan fingerprint density at radius 1 is 1.30 bits per heavy atom. The molecule has 0 saturated carbocycles. The fourth-order valence-electron chi connectivity index (χ4n) is 3.60. The predicted octanol–water partition coefficient (Wildman–Crippen LogP) is 3.72. The SMILES string of the molecule is CCC1(CC)CC(Nc2ccc3c(n2)CCC3)CCO1. The first kappa shape index (κ1) is 13.9. The summed E-state index contributed by atoms with van der Waals surface area (Å²) in [7, 11) is 0. The minimum atomic E-state index is 0.0760. The minimum absolute atomic E-state index is 0.0760. The first-order valence-electron chi connectivity index (χ1n) is 8.14. The van der Waals surface area contributed by atoms with E-state index in [9.17, 15) is 0 Å². The first-order valence-corrected chi connectivity index (χ1v) is 8.14. The average Bonchev–Trinajstić information content (AvgIpc) is 2.95. The van der Waals surface area contributed by atoms with E-state index in [0.717, 1.165) is 44.5 Å². The summed E-state index contributed by atoms with van der Waals surface area (Å²) in [4.78, 5) is 4.79. The van der Waals surface area contributed by atoms with Gasteiger partial charge in [0.05, 0.1) is 5.60 Å². The summed E-state index contributed by atoms with van der Waals surface area (Å²) in [5.74, 6) is 1.05. The monoisotopic (exact) mass is 274 g/mol. The van der Waals surface area contributed by atoms with E-state index in [1.54, 1.807) is 0 Å². The third kappa shape index (κ3) is 2.69. The lowest BCUT2D eigenvalue weighted by Gasteiger charge is -2.40. The van der Waals surface area contributed by atoms with Gasteiger partial charge in [0.1, 0.15) is 5.82 Å². The molecule has 1 aliphatic heterocycles. The van der Waals surface area contributed by atoms with E-state index in [0.29, 0.717) is 6.04 Å². The molecule has 1 unspecified atom stereocenters. The van der Waals surface area contributed by atoms with Gasteiger partial charge in [0.15, 0.2) is 0 Å². The zero-order valence-corrected chi connectivity index (χ0v) is 12.7. The van der Waals surface area contributed by atoms with Gasteiger partial charge in [-0.25, -0.2) is 4.98 Å². The van der Waals surface area contributed by atoms with E-state index in [1.807, 2.05) is 0 Å². The largest absolute Gasteiger partial charge is 0.375 e. The molecule has 3 nitrogen and oxygen atoms in total. The van der Waals surface area contributed by atoms with E-state index in [-0.39, 0.29) is 5.60 Å². The van der Waals surface area contributed by atoms with Crippen LogP contribution in [-0.4, -0.2) is 23.2 Å². The number of fused-ring (bicyclic) bond motifs is 1. The van der Waals surface area contributed by atoms with Crippen LogP contribution in [0.3, 0.4) is 0 Å². The number of ether oxygens (including phenoxy) is 1. The Balaban J connectivity index is 1.68. The van der Waals surface area contributed by atoms with E-state index < -0.39 is 0 Å². The Hall–Kier alpha value is -1.09. The summed E-state index contributed by atoms with van der Waals surface area (Å²) in [6, 6.07) is 4.90. The van der Waals surface area contributed by atoms with Gasteiger partial charge in [0.2, 0.25) is 0 Å². The van der Waals surface area contributed by atoms with Gasteiger partial charge in [-0.2, -0.15) is 0 Å². The van der Waals surface area contributed by atoms with Crippen molar-refractivity contribution >= 4 is 5.82 Å². The van der Waals surface area contributed by atoms with Crippen LogP contribution < -0.4 is 5.32 Å². The number of nitrogens with zero attached hydrogens (tertiary/aromatic N) is 1. The fraction of sp³-hybridized carbons (Fsp3) is 0.706. The zero-order chi connectivity index (χ0) is 14.0. The topological polar surface area (TPSA) is 34.2 Å². The summed E-state index contributed by atoms with van der Waals surface area (Å²) >= 11 is 0. The summed E-state index contributed by atoms with van der Waals surface area (Å²) in [6.07, 6.45) is 7.98. The number of rotatable bonds is 4. The maximum atomic E-state index is 6.05. The van der Waals surface area contributed by atoms with E-state index in [1.165, 1.54) is 24.1 Å². The molecule has 0 amide bonds. The molecule has 1 atom stereocenters. The maximum absolute atomic E-state index is 6.05. The van der Waals surface area contributed by atoms with Gasteiger partial charge in [0, 0.05) is 18.3 Å². The van der Waals surface area contributed by atoms with Crippen molar-refractivity contribution in [3.8, 4) is 0 Å². The standard InChI is InChI=1S/C17H26N2O/c1-3-17(4-2)12-14(10-11-20-17)18-16-9-8-13-6-5-7-15(13)19-16/h8-9,14H,3-7,10-12H2,1-2H3,(H,18,19). The van der Waals surface area contributed by atoms with Crippen LogP contribution in [0.2, 0.25) is 0 Å². The molecule has 0 radical (unpaired) electrons. The lowest BCUT2D eigenvalue weighted by molar-refractivity contribution is -0.0864. The molecule has 3 rings (SSSR count). The van der Waals surface area contributed by atoms with Crippen molar-refractivity contribution in [2.75, 3.05) is 11.9 Å². The van der Waals surface area contributed by atoms with Gasteiger partial charge >= 0.3 is 0 Å². The highest BCUT2D eigenvalue weighted by Gasteiger charge is 2.34. The molecule has 1 aromatic heterocycles. The summed E-state index contributed by atoms with van der Waals surface area (Å²) < 4.78 is 6.05. The molecule has 2 aliphatic rings. The zero-order valence-electron chi connectivity index (χ0n) is 12.7. The number of nitrogens with one attached hydrogen (secondary N) is 1. The van der Waals surface area contributed by atoms with Crippen LogP contribution in [-0.2, 0) is 17.6 Å². The molecule has 1 aliphatic carbocycles. The highest BCUT2D eigenvalue weighted by molar-refractivity contribution is 5.41. The van der Waals surface area contributed by atoms with Crippen LogP contribution >= 0.6 is 0 Å². The summed E-state index contributed by atoms with van der Waals surface area (Å²) in [6.45, 7) is 5.34. The number of aryl methyl sites for hydroxylation is 2. The number of pyridine rings is 1. The van der Waals surface area contributed by atoms with Crippen LogP contribution in [0.25, 0.3) is 0 Å². The molecule has 1 N–H and O–H groups in total. The molecule has 3 heteroatoms. The third-order valence-electron chi connectivity index (χ3n) is 5.06. The lowest BCUT2D eigenvalue weighted by Crippen LogP contribution is -2.43. The van der Waals surface area contributed by atoms with E-state index in [4.69, 9.17) is 9.72 Å². The quantitative estimate of drug-likeness (QED) is 0.908. The van der Waals surface area contributed by atoms with Gasteiger partial charge in [0.25, 0.3) is 0 Å². The summed E-state index contributed by atoms with van der Waals surface area (Å²) in [5, 5.41) is 3.64. The smallest absolute Gasteiger partial charge is 0.126 e. The molecule has 110 valence electrons. The van der Waals surface area contributed by atoms with Crippen molar-refractivity contribution in [2.45, 2.75) is 70.4 Å². The summed E-state index contributed by atoms with van der Waals surface area (Å²) in [5.41, 5.74) is 2.82. The Kier molecular flexibility index (Phi) is 3.97. The van der Waals surface area contributed by atoms with Gasteiger partial charge < -0.3 is 10.1 Å². The maximum Gasteiger partial charge on any atom is 0.126 e. The van der Waals surface area contributed by atoms with Crippen molar-refractivity contribution in [3.63, 3.8) is 0 Å². The number of anilines is 1.